The third-order valence-electron chi connectivity index (χ3n) is 4.70. The summed E-state index contributed by atoms with van der Waals surface area (Å²) in [5.41, 5.74) is 0.826. The second-order valence-corrected chi connectivity index (χ2v) is 6.02. The Kier molecular flexibility index (Phi) is 4.01. The van der Waals surface area contributed by atoms with Crippen molar-refractivity contribution in [3.05, 3.63) is 46.2 Å². The Labute approximate surface area is 137 Å². The van der Waals surface area contributed by atoms with E-state index in [1.54, 1.807) is 31.3 Å². The zero-order valence-electron chi connectivity index (χ0n) is 13.2. The van der Waals surface area contributed by atoms with Crippen molar-refractivity contribution in [1.29, 1.82) is 0 Å². The zero-order chi connectivity index (χ0) is 17.4. The smallest absolute Gasteiger partial charge is 0.407 e. The van der Waals surface area contributed by atoms with Gasteiger partial charge in [0.1, 0.15) is 0 Å². The molecule has 126 valence electrons. The highest BCUT2D eigenvalue weighted by Gasteiger charge is 2.40. The number of piperidine rings is 1. The Bertz CT molecular complexity index is 851. The van der Waals surface area contributed by atoms with E-state index >= 15 is 0 Å². The fourth-order valence-electron chi connectivity index (χ4n) is 3.53. The molecule has 7 nitrogen and oxygen atoms in total. The second-order valence-electron chi connectivity index (χ2n) is 6.02. The molecule has 2 N–H and O–H groups in total. The molecule has 1 aromatic heterocycles. The highest BCUT2D eigenvalue weighted by atomic mass is 16.4. The van der Waals surface area contributed by atoms with Crippen LogP contribution in [0.15, 0.2) is 35.1 Å². The Balaban J connectivity index is 2.29. The molecule has 2 heterocycles. The summed E-state index contributed by atoms with van der Waals surface area (Å²) in [5.74, 6) is -1.92. The van der Waals surface area contributed by atoms with Gasteiger partial charge in [-0.05, 0) is 24.5 Å². The van der Waals surface area contributed by atoms with E-state index in [1.165, 1.54) is 10.6 Å². The van der Waals surface area contributed by atoms with E-state index in [0.29, 0.717) is 29.3 Å². The summed E-state index contributed by atoms with van der Waals surface area (Å²) < 4.78 is 1.47. The first kappa shape index (κ1) is 16.0. The first-order valence-corrected chi connectivity index (χ1v) is 7.73. The van der Waals surface area contributed by atoms with Gasteiger partial charge in [-0.2, -0.15) is 0 Å². The van der Waals surface area contributed by atoms with Crippen LogP contribution in [0, 0.1) is 5.92 Å². The number of carbonyl (C=O) groups is 2. The number of nitrogens with zero attached hydrogens (tertiary/aromatic N) is 2. The molecule has 0 spiro atoms. The first-order chi connectivity index (χ1) is 11.4. The van der Waals surface area contributed by atoms with Gasteiger partial charge in [0, 0.05) is 25.0 Å². The Morgan fingerprint density at radius 3 is 2.58 bits per heavy atom. The lowest BCUT2D eigenvalue weighted by Crippen LogP contribution is -2.45. The van der Waals surface area contributed by atoms with Crippen molar-refractivity contribution >= 4 is 23.0 Å². The fourth-order valence-corrected chi connectivity index (χ4v) is 3.53. The average molecular weight is 330 g/mol. The van der Waals surface area contributed by atoms with E-state index in [1.807, 2.05) is 0 Å². The van der Waals surface area contributed by atoms with Crippen LogP contribution in [0.4, 0.5) is 4.79 Å². The minimum absolute atomic E-state index is 0.257. The highest BCUT2D eigenvalue weighted by Crippen LogP contribution is 2.38. The monoisotopic (exact) mass is 330 g/mol. The van der Waals surface area contributed by atoms with E-state index in [-0.39, 0.29) is 12.1 Å². The maximum Gasteiger partial charge on any atom is 0.407 e. The predicted octanol–water partition coefficient (Wildman–Crippen LogP) is 2.05. The van der Waals surface area contributed by atoms with Crippen molar-refractivity contribution in [2.45, 2.75) is 18.9 Å². The molecule has 1 aliphatic heterocycles. The van der Waals surface area contributed by atoms with Crippen molar-refractivity contribution in [2.75, 3.05) is 6.54 Å². The van der Waals surface area contributed by atoms with Crippen molar-refractivity contribution in [3.63, 3.8) is 0 Å². The molecular weight excluding hydrogens is 312 g/mol. The Morgan fingerprint density at radius 1 is 1.21 bits per heavy atom. The molecule has 2 aromatic rings. The number of benzene rings is 1. The number of likely N-dealkylation sites (tertiary alicyclic amines) is 1. The molecule has 1 fully saturated rings. The van der Waals surface area contributed by atoms with Gasteiger partial charge < -0.3 is 19.7 Å². The molecule has 3 rings (SSSR count). The normalized spacial score (nSPS) is 21.0. The number of hydrogen-bond acceptors (Lipinski definition) is 3. The lowest BCUT2D eigenvalue weighted by atomic mass is 9.83. The van der Waals surface area contributed by atoms with Crippen LogP contribution in [-0.4, -0.2) is 38.3 Å². The van der Waals surface area contributed by atoms with Crippen molar-refractivity contribution in [3.8, 4) is 0 Å². The van der Waals surface area contributed by atoms with Gasteiger partial charge in [-0.15, -0.1) is 0 Å². The fraction of sp³-hybridized carbons (Fsp3) is 0.353. The van der Waals surface area contributed by atoms with Crippen molar-refractivity contribution in [2.24, 2.45) is 13.0 Å². The number of amides is 1. The molecule has 1 aliphatic rings. The maximum atomic E-state index is 12.3. The molecule has 0 radical (unpaired) electrons. The number of para-hydroxylation sites is 1. The van der Waals surface area contributed by atoms with Crippen LogP contribution in [0.5, 0.6) is 0 Å². The Morgan fingerprint density at radius 2 is 1.92 bits per heavy atom. The van der Waals surface area contributed by atoms with Crippen LogP contribution in [0.25, 0.3) is 10.9 Å². The summed E-state index contributed by atoms with van der Waals surface area (Å²) in [6.45, 7) is 0.257. The summed E-state index contributed by atoms with van der Waals surface area (Å²) in [4.78, 5) is 36.8. The summed E-state index contributed by atoms with van der Waals surface area (Å²) in [7, 11) is 1.64. The lowest BCUT2D eigenvalue weighted by molar-refractivity contribution is -0.145. The van der Waals surface area contributed by atoms with Gasteiger partial charge in [-0.3, -0.25) is 9.59 Å². The number of pyridine rings is 1. The van der Waals surface area contributed by atoms with Gasteiger partial charge >= 0.3 is 12.1 Å². The van der Waals surface area contributed by atoms with Gasteiger partial charge in [0.2, 0.25) is 0 Å². The molecule has 1 aromatic carbocycles. The summed E-state index contributed by atoms with van der Waals surface area (Å²) in [6.07, 6.45) is -0.300. The largest absolute Gasteiger partial charge is 0.481 e. The van der Waals surface area contributed by atoms with E-state index in [4.69, 9.17) is 0 Å². The van der Waals surface area contributed by atoms with Crippen LogP contribution in [0.2, 0.25) is 0 Å². The topological polar surface area (TPSA) is 99.8 Å². The Hall–Kier alpha value is -2.83. The summed E-state index contributed by atoms with van der Waals surface area (Å²) in [6, 6.07) is 7.63. The van der Waals surface area contributed by atoms with Crippen LogP contribution in [0.1, 0.15) is 24.4 Å². The second kappa shape index (κ2) is 5.99. The number of aromatic nitrogens is 1. The number of fused-ring (bicyclic) bond motifs is 1. The third kappa shape index (κ3) is 2.51. The minimum Gasteiger partial charge on any atom is -0.481 e. The van der Waals surface area contributed by atoms with Crippen LogP contribution in [0.3, 0.4) is 0 Å². The average Bonchev–Trinajstić information content (AvgIpc) is 2.57. The van der Waals surface area contributed by atoms with E-state index in [2.05, 4.69) is 0 Å². The number of carboxylic acids is 1. The molecular formula is C17H18N2O5. The van der Waals surface area contributed by atoms with Gasteiger partial charge in [0.05, 0.1) is 17.5 Å². The van der Waals surface area contributed by atoms with Crippen molar-refractivity contribution in [1.82, 2.24) is 9.47 Å². The number of aliphatic carboxylic acids is 1. The minimum atomic E-state index is -1.17. The number of hydrogen-bond donors (Lipinski definition) is 2. The van der Waals surface area contributed by atoms with Crippen LogP contribution < -0.4 is 5.56 Å². The maximum absolute atomic E-state index is 12.3. The van der Waals surface area contributed by atoms with Gasteiger partial charge in [0.25, 0.3) is 5.56 Å². The summed E-state index contributed by atoms with van der Waals surface area (Å²) >= 11 is 0. The molecule has 7 heteroatoms. The quantitative estimate of drug-likeness (QED) is 0.878. The lowest BCUT2D eigenvalue weighted by Gasteiger charge is -2.38. The zero-order valence-corrected chi connectivity index (χ0v) is 13.2. The van der Waals surface area contributed by atoms with E-state index < -0.39 is 24.0 Å². The highest BCUT2D eigenvalue weighted by molar-refractivity contribution is 5.85. The molecule has 0 saturated carbocycles. The van der Waals surface area contributed by atoms with Crippen molar-refractivity contribution < 1.29 is 19.8 Å². The SMILES string of the molecule is Cn1c(=O)cc(C2C(C(=O)O)CCCN2C(=O)O)c2ccccc21. The number of aryl methyl sites for hydroxylation is 1. The molecule has 1 amide bonds. The molecule has 0 bridgehead atoms. The number of carboxylic acid groups (broad SMARTS) is 2. The third-order valence-corrected chi connectivity index (χ3v) is 4.70. The molecule has 2 atom stereocenters. The summed E-state index contributed by atoms with van der Waals surface area (Å²) in [5, 5.41) is 19.8. The van der Waals surface area contributed by atoms with E-state index in [9.17, 15) is 24.6 Å². The molecule has 2 unspecified atom stereocenters. The molecule has 24 heavy (non-hydrogen) atoms. The van der Waals surface area contributed by atoms with Crippen LogP contribution >= 0.6 is 0 Å². The standard InChI is InChI=1S/C17H18N2O5/c1-18-13-7-3-2-5-10(13)12(9-14(18)20)15-11(16(21)22)6-4-8-19(15)17(23)24/h2-3,5,7,9,11,15H,4,6,8H2,1H3,(H,21,22)(H,23,24). The van der Waals surface area contributed by atoms with Crippen LogP contribution in [-0.2, 0) is 11.8 Å². The molecule has 1 saturated heterocycles. The van der Waals surface area contributed by atoms with Gasteiger partial charge in [-0.25, -0.2) is 4.79 Å². The predicted molar refractivity (Wildman–Crippen MR) is 87.0 cm³/mol. The van der Waals surface area contributed by atoms with Gasteiger partial charge in [0.15, 0.2) is 0 Å². The van der Waals surface area contributed by atoms with E-state index in [0.717, 1.165) is 4.90 Å². The van der Waals surface area contributed by atoms with Gasteiger partial charge in [-0.1, -0.05) is 18.2 Å². The first-order valence-electron chi connectivity index (χ1n) is 7.73. The number of rotatable bonds is 2. The molecule has 0 aliphatic carbocycles.